The first-order valence-corrected chi connectivity index (χ1v) is 6.20. The van der Waals surface area contributed by atoms with E-state index < -0.39 is 11.9 Å². The molecule has 2 fully saturated rings. The molecule has 0 atom stereocenters. The molecule has 0 aliphatic heterocycles. The van der Waals surface area contributed by atoms with Crippen LogP contribution in [0.1, 0.15) is 32.1 Å². The van der Waals surface area contributed by atoms with Crippen molar-refractivity contribution >= 4 is 11.9 Å². The first-order chi connectivity index (χ1) is 8.89. The molecule has 2 saturated carbocycles. The molecule has 0 saturated heterocycles. The summed E-state index contributed by atoms with van der Waals surface area (Å²) in [5.41, 5.74) is 0.407. The van der Waals surface area contributed by atoms with Crippen LogP contribution in [0.4, 0.5) is 0 Å². The molecule has 5 heteroatoms. The lowest BCUT2D eigenvalue weighted by Crippen LogP contribution is -2.18. The zero-order valence-corrected chi connectivity index (χ0v) is 11.0. The molecule has 0 unspecified atom stereocenters. The van der Waals surface area contributed by atoms with Gasteiger partial charge >= 0.3 is 11.9 Å². The molecule has 2 rings (SSSR count). The van der Waals surface area contributed by atoms with Crippen LogP contribution >= 0.6 is 0 Å². The van der Waals surface area contributed by atoms with E-state index in [2.05, 4.69) is 13.2 Å². The van der Waals surface area contributed by atoms with Crippen LogP contribution in [0.15, 0.2) is 25.3 Å². The Balaban J connectivity index is 0.000000283. The molecule has 108 valence electrons. The SMILES string of the molecule is C=CC(=O)O.C=CC(=O)O.OCC12CCC(CC1)C2. The quantitative estimate of drug-likeness (QED) is 0.682. The maximum Gasteiger partial charge on any atom is 0.327 e. The Kier molecular flexibility index (Phi) is 7.75. The second-order valence-corrected chi connectivity index (χ2v) is 4.89. The summed E-state index contributed by atoms with van der Waals surface area (Å²) in [7, 11) is 0. The number of rotatable bonds is 3. The molecule has 0 amide bonds. The second kappa shape index (κ2) is 8.48. The Hall–Kier alpha value is -1.62. The van der Waals surface area contributed by atoms with Gasteiger partial charge in [-0.05, 0) is 43.4 Å². The van der Waals surface area contributed by atoms with Gasteiger partial charge in [0.1, 0.15) is 0 Å². The van der Waals surface area contributed by atoms with Gasteiger partial charge in [0, 0.05) is 18.8 Å². The van der Waals surface area contributed by atoms with Gasteiger partial charge in [0.2, 0.25) is 0 Å². The third kappa shape index (κ3) is 6.76. The number of fused-ring (bicyclic) bond motifs is 2. The summed E-state index contributed by atoms with van der Waals surface area (Å²) in [5, 5.41) is 24.3. The highest BCUT2D eigenvalue weighted by Gasteiger charge is 2.43. The summed E-state index contributed by atoms with van der Waals surface area (Å²) in [4.78, 5) is 18.5. The van der Waals surface area contributed by atoms with Crippen molar-refractivity contribution in [1.29, 1.82) is 0 Å². The summed E-state index contributed by atoms with van der Waals surface area (Å²) in [6, 6.07) is 0. The lowest BCUT2D eigenvalue weighted by Gasteiger charge is -2.22. The molecule has 2 bridgehead atoms. The minimum Gasteiger partial charge on any atom is -0.478 e. The standard InChI is InChI=1S/C8H14O.2C3H4O2/c9-6-8-3-1-7(5-8)2-4-8;2*1-2-3(4)5/h7,9H,1-6H2;2*2H,1H2,(H,4,5). The van der Waals surface area contributed by atoms with E-state index in [1.54, 1.807) is 0 Å². The molecule has 19 heavy (non-hydrogen) atoms. The maximum atomic E-state index is 9.25. The normalized spacial score (nSPS) is 26.3. The summed E-state index contributed by atoms with van der Waals surface area (Å²) >= 11 is 0. The first kappa shape index (κ1) is 17.4. The molecule has 0 aromatic rings. The highest BCUT2D eigenvalue weighted by atomic mass is 16.4. The van der Waals surface area contributed by atoms with E-state index in [4.69, 9.17) is 15.3 Å². The van der Waals surface area contributed by atoms with Crippen LogP contribution in [0.3, 0.4) is 0 Å². The van der Waals surface area contributed by atoms with Crippen molar-refractivity contribution in [3.8, 4) is 0 Å². The molecule has 0 aromatic heterocycles. The number of aliphatic hydroxyl groups excluding tert-OH is 1. The number of carboxylic acid groups (broad SMARTS) is 2. The van der Waals surface area contributed by atoms with E-state index in [1.165, 1.54) is 32.1 Å². The molecule has 2 aliphatic rings. The monoisotopic (exact) mass is 270 g/mol. The molecule has 0 heterocycles. The van der Waals surface area contributed by atoms with Crippen LogP contribution in [-0.2, 0) is 9.59 Å². The van der Waals surface area contributed by atoms with Crippen molar-refractivity contribution in [2.45, 2.75) is 32.1 Å². The number of aliphatic carboxylic acids is 2. The van der Waals surface area contributed by atoms with Gasteiger partial charge in [-0.3, -0.25) is 0 Å². The van der Waals surface area contributed by atoms with Crippen LogP contribution in [0, 0.1) is 11.3 Å². The maximum absolute atomic E-state index is 9.25. The fraction of sp³-hybridized carbons (Fsp3) is 0.571. The van der Waals surface area contributed by atoms with Gasteiger partial charge in [0.25, 0.3) is 0 Å². The molecule has 5 nitrogen and oxygen atoms in total. The lowest BCUT2D eigenvalue weighted by molar-refractivity contribution is -0.132. The molecular weight excluding hydrogens is 248 g/mol. The van der Waals surface area contributed by atoms with E-state index in [0.29, 0.717) is 12.0 Å². The molecule has 2 aliphatic carbocycles. The summed E-state index contributed by atoms with van der Waals surface area (Å²) in [6.07, 6.45) is 8.37. The fourth-order valence-corrected chi connectivity index (χ4v) is 2.53. The number of hydrogen-bond donors (Lipinski definition) is 3. The van der Waals surface area contributed by atoms with Gasteiger partial charge in [0.05, 0.1) is 0 Å². The third-order valence-corrected chi connectivity index (χ3v) is 3.57. The van der Waals surface area contributed by atoms with E-state index in [9.17, 15) is 9.59 Å². The Labute approximate surface area is 113 Å². The Morgan fingerprint density at radius 3 is 1.58 bits per heavy atom. The van der Waals surface area contributed by atoms with E-state index in [0.717, 1.165) is 18.1 Å². The van der Waals surface area contributed by atoms with E-state index in [-0.39, 0.29) is 0 Å². The van der Waals surface area contributed by atoms with Gasteiger partial charge in [-0.1, -0.05) is 13.2 Å². The molecular formula is C14H22O5. The average molecular weight is 270 g/mol. The summed E-state index contributed by atoms with van der Waals surface area (Å²) in [5.74, 6) is -0.979. The zero-order valence-electron chi connectivity index (χ0n) is 11.0. The molecule has 0 spiro atoms. The topological polar surface area (TPSA) is 94.8 Å². The smallest absolute Gasteiger partial charge is 0.327 e. The highest BCUT2D eigenvalue weighted by molar-refractivity contribution is 5.79. The average Bonchev–Trinajstić information content (AvgIpc) is 3.01. The van der Waals surface area contributed by atoms with Crippen molar-refractivity contribution in [3.05, 3.63) is 25.3 Å². The number of hydrogen-bond acceptors (Lipinski definition) is 3. The van der Waals surface area contributed by atoms with Gasteiger partial charge in [0.15, 0.2) is 0 Å². The molecule has 0 radical (unpaired) electrons. The van der Waals surface area contributed by atoms with Gasteiger partial charge in [-0.25, -0.2) is 9.59 Å². The van der Waals surface area contributed by atoms with Crippen LogP contribution in [0.2, 0.25) is 0 Å². The highest BCUT2D eigenvalue weighted by Crippen LogP contribution is 2.53. The number of carboxylic acids is 2. The van der Waals surface area contributed by atoms with Crippen LogP contribution < -0.4 is 0 Å². The van der Waals surface area contributed by atoms with E-state index in [1.807, 2.05) is 0 Å². The van der Waals surface area contributed by atoms with Crippen LogP contribution in [-0.4, -0.2) is 33.9 Å². The third-order valence-electron chi connectivity index (χ3n) is 3.57. The molecule has 3 N–H and O–H groups in total. The largest absolute Gasteiger partial charge is 0.478 e. The number of carbonyl (C=O) groups is 2. The fourth-order valence-electron chi connectivity index (χ4n) is 2.53. The Morgan fingerprint density at radius 2 is 1.47 bits per heavy atom. The number of aliphatic hydroxyl groups is 1. The van der Waals surface area contributed by atoms with Gasteiger partial charge in [-0.2, -0.15) is 0 Å². The Bertz CT molecular complexity index is 309. The van der Waals surface area contributed by atoms with Crippen molar-refractivity contribution in [3.63, 3.8) is 0 Å². The van der Waals surface area contributed by atoms with E-state index >= 15 is 0 Å². The minimum absolute atomic E-state index is 0.407. The molecule has 0 aromatic carbocycles. The van der Waals surface area contributed by atoms with Crippen LogP contribution in [0.25, 0.3) is 0 Å². The lowest BCUT2D eigenvalue weighted by atomic mass is 9.85. The minimum atomic E-state index is -0.981. The van der Waals surface area contributed by atoms with Crippen molar-refractivity contribution < 1.29 is 24.9 Å². The van der Waals surface area contributed by atoms with Crippen LogP contribution in [0.5, 0.6) is 0 Å². The summed E-state index contributed by atoms with van der Waals surface area (Å²) < 4.78 is 0. The predicted molar refractivity (Wildman–Crippen MR) is 71.8 cm³/mol. The van der Waals surface area contributed by atoms with Gasteiger partial charge < -0.3 is 15.3 Å². The van der Waals surface area contributed by atoms with Crippen molar-refractivity contribution in [2.75, 3.05) is 6.61 Å². The first-order valence-electron chi connectivity index (χ1n) is 6.20. The van der Waals surface area contributed by atoms with Gasteiger partial charge in [-0.15, -0.1) is 0 Å². The second-order valence-electron chi connectivity index (χ2n) is 4.89. The zero-order chi connectivity index (χ0) is 14.9. The van der Waals surface area contributed by atoms with Crippen molar-refractivity contribution in [2.24, 2.45) is 11.3 Å². The Morgan fingerprint density at radius 1 is 1.11 bits per heavy atom. The van der Waals surface area contributed by atoms with Crippen molar-refractivity contribution in [1.82, 2.24) is 0 Å². The summed E-state index contributed by atoms with van der Waals surface area (Å²) in [6.45, 7) is 6.37. The predicted octanol–water partition coefficient (Wildman–Crippen LogP) is 2.07.